The topological polar surface area (TPSA) is 56.0 Å². The monoisotopic (exact) mass is 335 g/mol. The van der Waals surface area contributed by atoms with Gasteiger partial charge in [0, 0.05) is 25.5 Å². The van der Waals surface area contributed by atoms with Crippen molar-refractivity contribution in [3.63, 3.8) is 0 Å². The van der Waals surface area contributed by atoms with Crippen LogP contribution in [0.1, 0.15) is 38.3 Å². The maximum absolute atomic E-state index is 13.0. The normalized spacial score (nSPS) is 19.1. The molecule has 3 rings (SSSR count). The number of likely N-dealkylation sites (tertiary alicyclic amines) is 1. The van der Waals surface area contributed by atoms with E-state index >= 15 is 0 Å². The second-order valence-electron chi connectivity index (χ2n) is 6.71. The predicted octanol–water partition coefficient (Wildman–Crippen LogP) is 2.64. The zero-order valence-electron chi connectivity index (χ0n) is 13.7. The van der Waals surface area contributed by atoms with E-state index in [0.717, 1.165) is 24.9 Å². The minimum absolute atomic E-state index is 0.0610. The second kappa shape index (κ2) is 6.00. The molecule has 124 valence electrons. The summed E-state index contributed by atoms with van der Waals surface area (Å²) in [5.74, 6) is 0.0610. The van der Waals surface area contributed by atoms with Crippen molar-refractivity contribution in [2.75, 3.05) is 13.1 Å². The lowest BCUT2D eigenvalue weighted by molar-refractivity contribution is -0.141. The SMILES string of the molecule is Cc1cnn([C@@H]2CCCN(C(=O)C(C)(C)n3cc(Cl)cn3)C2)c1. The summed E-state index contributed by atoms with van der Waals surface area (Å²) in [4.78, 5) is 14.9. The second-order valence-corrected chi connectivity index (χ2v) is 7.14. The van der Waals surface area contributed by atoms with E-state index in [2.05, 4.69) is 10.2 Å². The predicted molar refractivity (Wildman–Crippen MR) is 88.4 cm³/mol. The highest BCUT2D eigenvalue weighted by molar-refractivity contribution is 6.30. The smallest absolute Gasteiger partial charge is 0.250 e. The van der Waals surface area contributed by atoms with E-state index < -0.39 is 5.54 Å². The van der Waals surface area contributed by atoms with Crippen LogP contribution >= 0.6 is 11.6 Å². The summed E-state index contributed by atoms with van der Waals surface area (Å²) in [6.45, 7) is 7.23. The number of halogens is 1. The maximum Gasteiger partial charge on any atom is 0.250 e. The largest absolute Gasteiger partial charge is 0.338 e. The number of aryl methyl sites for hydroxylation is 1. The highest BCUT2D eigenvalue weighted by atomic mass is 35.5. The maximum atomic E-state index is 13.0. The number of hydrogen-bond acceptors (Lipinski definition) is 3. The lowest BCUT2D eigenvalue weighted by atomic mass is 9.99. The van der Waals surface area contributed by atoms with Crippen molar-refractivity contribution >= 4 is 17.5 Å². The molecule has 3 heterocycles. The molecule has 7 heteroatoms. The van der Waals surface area contributed by atoms with Gasteiger partial charge in [-0.3, -0.25) is 14.2 Å². The molecule has 2 aromatic heterocycles. The number of aromatic nitrogens is 4. The summed E-state index contributed by atoms with van der Waals surface area (Å²) in [6, 6.07) is 0.235. The van der Waals surface area contributed by atoms with Crippen molar-refractivity contribution in [1.29, 1.82) is 0 Å². The third-order valence-electron chi connectivity index (χ3n) is 4.44. The Morgan fingerprint density at radius 2 is 2.09 bits per heavy atom. The first-order chi connectivity index (χ1) is 10.9. The van der Waals surface area contributed by atoms with E-state index in [-0.39, 0.29) is 11.9 Å². The quantitative estimate of drug-likeness (QED) is 0.866. The standard InChI is InChI=1S/C16H22ClN5O/c1-12-7-18-21(9-12)14-5-4-6-20(11-14)15(23)16(2,3)22-10-13(17)8-19-22/h7-10,14H,4-6,11H2,1-3H3/t14-/m1/s1. The Balaban J connectivity index is 1.76. The van der Waals surface area contributed by atoms with Crippen molar-refractivity contribution in [1.82, 2.24) is 24.5 Å². The zero-order chi connectivity index (χ0) is 16.6. The van der Waals surface area contributed by atoms with E-state index in [1.807, 2.05) is 42.7 Å². The van der Waals surface area contributed by atoms with Gasteiger partial charge >= 0.3 is 0 Å². The van der Waals surface area contributed by atoms with Gasteiger partial charge in [0.05, 0.1) is 23.5 Å². The van der Waals surface area contributed by atoms with Gasteiger partial charge < -0.3 is 4.90 Å². The fraction of sp³-hybridized carbons (Fsp3) is 0.562. The molecule has 1 saturated heterocycles. The lowest BCUT2D eigenvalue weighted by Crippen LogP contribution is -2.50. The Labute approximate surface area is 141 Å². The van der Waals surface area contributed by atoms with Crippen LogP contribution in [-0.4, -0.2) is 43.5 Å². The van der Waals surface area contributed by atoms with Gasteiger partial charge in [-0.1, -0.05) is 11.6 Å². The Kier molecular flexibility index (Phi) is 4.19. The third-order valence-corrected chi connectivity index (χ3v) is 4.63. The zero-order valence-corrected chi connectivity index (χ0v) is 14.5. The minimum Gasteiger partial charge on any atom is -0.338 e. The first-order valence-corrected chi connectivity index (χ1v) is 8.26. The van der Waals surface area contributed by atoms with Crippen LogP contribution < -0.4 is 0 Å². The summed E-state index contributed by atoms with van der Waals surface area (Å²) in [5.41, 5.74) is 0.384. The van der Waals surface area contributed by atoms with Gasteiger partial charge in [0.25, 0.3) is 0 Å². The van der Waals surface area contributed by atoms with Crippen molar-refractivity contribution in [3.8, 4) is 0 Å². The van der Waals surface area contributed by atoms with Gasteiger partial charge in [-0.2, -0.15) is 10.2 Å². The van der Waals surface area contributed by atoms with Crippen molar-refractivity contribution in [2.45, 2.75) is 45.2 Å². The van der Waals surface area contributed by atoms with E-state index in [1.54, 1.807) is 17.1 Å². The van der Waals surface area contributed by atoms with E-state index in [0.29, 0.717) is 11.6 Å². The number of carbonyl (C=O) groups is 1. The van der Waals surface area contributed by atoms with Crippen LogP contribution in [0.2, 0.25) is 5.02 Å². The minimum atomic E-state index is -0.755. The molecule has 0 N–H and O–H groups in total. The summed E-state index contributed by atoms with van der Waals surface area (Å²) < 4.78 is 3.62. The molecule has 0 aromatic carbocycles. The van der Waals surface area contributed by atoms with Crippen LogP contribution in [0, 0.1) is 6.92 Å². The summed E-state index contributed by atoms with van der Waals surface area (Å²) in [6.07, 6.45) is 9.16. The molecule has 0 aliphatic carbocycles. The molecule has 6 nitrogen and oxygen atoms in total. The molecular formula is C16H22ClN5O. The Bertz CT molecular complexity index is 705. The first kappa shape index (κ1) is 16.1. The van der Waals surface area contributed by atoms with Crippen LogP contribution in [0.3, 0.4) is 0 Å². The Morgan fingerprint density at radius 1 is 1.30 bits per heavy atom. The molecule has 0 spiro atoms. The number of piperidine rings is 1. The Morgan fingerprint density at radius 3 is 2.70 bits per heavy atom. The van der Waals surface area contributed by atoms with Gasteiger partial charge in [-0.25, -0.2) is 0 Å². The van der Waals surface area contributed by atoms with Gasteiger partial charge in [-0.15, -0.1) is 0 Å². The van der Waals surface area contributed by atoms with Gasteiger partial charge in [0.1, 0.15) is 5.54 Å². The van der Waals surface area contributed by atoms with E-state index in [4.69, 9.17) is 11.6 Å². The van der Waals surface area contributed by atoms with Crippen molar-refractivity contribution in [3.05, 3.63) is 35.4 Å². The van der Waals surface area contributed by atoms with Gasteiger partial charge in [0.15, 0.2) is 0 Å². The molecule has 2 aromatic rings. The molecule has 1 fully saturated rings. The van der Waals surface area contributed by atoms with Crippen molar-refractivity contribution in [2.24, 2.45) is 0 Å². The third kappa shape index (κ3) is 3.13. The van der Waals surface area contributed by atoms with Crippen LogP contribution in [0.25, 0.3) is 0 Å². The van der Waals surface area contributed by atoms with Crippen molar-refractivity contribution < 1.29 is 4.79 Å². The number of nitrogens with zero attached hydrogens (tertiary/aromatic N) is 5. The van der Waals surface area contributed by atoms with Crippen LogP contribution in [0.4, 0.5) is 0 Å². The van der Waals surface area contributed by atoms with E-state index in [9.17, 15) is 4.79 Å². The molecule has 1 aliphatic heterocycles. The van der Waals surface area contributed by atoms with Gasteiger partial charge in [0.2, 0.25) is 5.91 Å². The fourth-order valence-electron chi connectivity index (χ4n) is 3.08. The summed E-state index contributed by atoms with van der Waals surface area (Å²) in [5, 5.41) is 9.14. The average Bonchev–Trinajstić information content (AvgIpc) is 3.15. The van der Waals surface area contributed by atoms with Crippen LogP contribution in [-0.2, 0) is 10.3 Å². The first-order valence-electron chi connectivity index (χ1n) is 7.88. The highest BCUT2D eigenvalue weighted by Crippen LogP contribution is 2.26. The number of hydrogen-bond donors (Lipinski definition) is 0. The average molecular weight is 336 g/mol. The molecule has 1 aliphatic rings. The molecule has 1 atom stereocenters. The van der Waals surface area contributed by atoms with Crippen LogP contribution in [0.15, 0.2) is 24.8 Å². The van der Waals surface area contributed by atoms with E-state index in [1.165, 1.54) is 0 Å². The molecule has 0 unspecified atom stereocenters. The van der Waals surface area contributed by atoms with Crippen LogP contribution in [0.5, 0.6) is 0 Å². The molecule has 0 saturated carbocycles. The molecular weight excluding hydrogens is 314 g/mol. The fourth-order valence-corrected chi connectivity index (χ4v) is 3.22. The number of amides is 1. The van der Waals surface area contributed by atoms with Gasteiger partial charge in [-0.05, 0) is 39.2 Å². The molecule has 0 bridgehead atoms. The number of carbonyl (C=O) groups excluding carboxylic acids is 1. The lowest BCUT2D eigenvalue weighted by Gasteiger charge is -2.37. The highest BCUT2D eigenvalue weighted by Gasteiger charge is 2.37. The number of rotatable bonds is 3. The molecule has 1 amide bonds. The molecule has 23 heavy (non-hydrogen) atoms. The summed E-state index contributed by atoms with van der Waals surface area (Å²) >= 11 is 5.94. The Hall–Kier alpha value is -1.82. The summed E-state index contributed by atoms with van der Waals surface area (Å²) in [7, 11) is 0. The molecule has 0 radical (unpaired) electrons.